The van der Waals surface area contributed by atoms with E-state index in [4.69, 9.17) is 15.0 Å². The van der Waals surface area contributed by atoms with Crippen molar-refractivity contribution in [3.8, 4) is 11.1 Å². The zero-order valence-corrected chi connectivity index (χ0v) is 20.1. The minimum Gasteiger partial charge on any atom is -0.449 e. The number of ether oxygens (including phenoxy) is 2. The molecule has 0 saturated carbocycles. The Labute approximate surface area is 204 Å². The average Bonchev–Trinajstić information content (AvgIpc) is 3.12. The molecule has 2 aromatic rings. The molecule has 2 aromatic carbocycles. The standard InChI is InChI=1S/C26H30N4O5/c1-26(2,3)35-25(33)30-22(23(31)15-29-27)13-8-14-28-24(32)34-16-21-19-11-6-4-9-17(19)18-10-5-7-12-20(18)21/h4-7,9-12,15,21-22H,8,13-14,16H2,1-3H3,(H,28,32)(H,30,33)/t22-/m0/s1. The third kappa shape index (κ3) is 7.01. The van der Waals surface area contributed by atoms with Gasteiger partial charge in [-0.05, 0) is 55.9 Å². The van der Waals surface area contributed by atoms with Crippen molar-refractivity contribution >= 4 is 24.2 Å². The third-order valence-corrected chi connectivity index (χ3v) is 5.50. The predicted molar refractivity (Wildman–Crippen MR) is 130 cm³/mol. The smallest absolute Gasteiger partial charge is 0.408 e. The molecule has 0 radical (unpaired) electrons. The largest absolute Gasteiger partial charge is 0.449 e. The molecule has 0 fully saturated rings. The summed E-state index contributed by atoms with van der Waals surface area (Å²) in [5.41, 5.74) is 12.5. The van der Waals surface area contributed by atoms with Crippen LogP contribution in [0, 0.1) is 0 Å². The second-order valence-corrected chi connectivity index (χ2v) is 9.24. The molecule has 1 atom stereocenters. The summed E-state index contributed by atoms with van der Waals surface area (Å²) in [7, 11) is 0. The molecule has 0 heterocycles. The van der Waals surface area contributed by atoms with E-state index in [0.717, 1.165) is 28.5 Å². The molecular weight excluding hydrogens is 448 g/mol. The highest BCUT2D eigenvalue weighted by molar-refractivity contribution is 6.28. The maximum absolute atomic E-state index is 12.3. The van der Waals surface area contributed by atoms with Crippen LogP contribution in [0.3, 0.4) is 0 Å². The number of nitrogens with one attached hydrogen (secondary N) is 2. The van der Waals surface area contributed by atoms with Crippen LogP contribution in [0.1, 0.15) is 50.7 Å². The third-order valence-electron chi connectivity index (χ3n) is 5.50. The van der Waals surface area contributed by atoms with E-state index in [1.165, 1.54) is 0 Å². The van der Waals surface area contributed by atoms with Crippen molar-refractivity contribution in [2.75, 3.05) is 13.2 Å². The molecule has 3 rings (SSSR count). The molecule has 9 heteroatoms. The highest BCUT2D eigenvalue weighted by Crippen LogP contribution is 2.44. The van der Waals surface area contributed by atoms with Crippen LogP contribution in [-0.4, -0.2) is 53.8 Å². The number of amides is 2. The second kappa shape index (κ2) is 11.4. The quantitative estimate of drug-likeness (QED) is 0.243. The number of hydrogen-bond donors (Lipinski definition) is 2. The van der Waals surface area contributed by atoms with Gasteiger partial charge in [0, 0.05) is 12.5 Å². The summed E-state index contributed by atoms with van der Waals surface area (Å²) in [6.07, 6.45) is -0.0248. The monoisotopic (exact) mass is 478 g/mol. The summed E-state index contributed by atoms with van der Waals surface area (Å²) in [4.78, 5) is 39.2. The molecule has 0 spiro atoms. The van der Waals surface area contributed by atoms with Gasteiger partial charge in [0.25, 0.3) is 5.78 Å². The van der Waals surface area contributed by atoms with E-state index in [1.54, 1.807) is 20.8 Å². The van der Waals surface area contributed by atoms with E-state index in [2.05, 4.69) is 27.6 Å². The first-order valence-electron chi connectivity index (χ1n) is 11.5. The SMILES string of the molecule is CC(C)(C)OC(=O)N[C@@H](CCCNC(=O)OCC1c2ccccc2-c2ccccc21)C(=O)C=[N+]=[N-]. The van der Waals surface area contributed by atoms with Gasteiger partial charge < -0.3 is 25.6 Å². The zero-order valence-electron chi connectivity index (χ0n) is 20.1. The van der Waals surface area contributed by atoms with Gasteiger partial charge in [0.1, 0.15) is 18.2 Å². The van der Waals surface area contributed by atoms with Crippen molar-refractivity contribution in [1.82, 2.24) is 10.6 Å². The van der Waals surface area contributed by atoms with E-state index in [9.17, 15) is 14.4 Å². The molecular formula is C26H30N4O5. The summed E-state index contributed by atoms with van der Waals surface area (Å²) < 4.78 is 10.7. The topological polar surface area (TPSA) is 130 Å². The predicted octanol–water partition coefficient (Wildman–Crippen LogP) is 4.07. The van der Waals surface area contributed by atoms with Crippen molar-refractivity contribution in [2.45, 2.75) is 51.2 Å². The Morgan fingerprint density at radius 1 is 1.03 bits per heavy atom. The number of fused-ring (bicyclic) bond motifs is 3. The average molecular weight is 479 g/mol. The van der Waals surface area contributed by atoms with Crippen LogP contribution in [0.2, 0.25) is 0 Å². The summed E-state index contributed by atoms with van der Waals surface area (Å²) in [6.45, 7) is 5.55. The molecule has 0 saturated heterocycles. The lowest BCUT2D eigenvalue weighted by Crippen LogP contribution is -2.44. The van der Waals surface area contributed by atoms with Crippen LogP contribution in [0.15, 0.2) is 48.5 Å². The molecule has 184 valence electrons. The van der Waals surface area contributed by atoms with E-state index in [1.807, 2.05) is 36.4 Å². The molecule has 1 aliphatic rings. The van der Waals surface area contributed by atoms with Gasteiger partial charge in [-0.3, -0.25) is 4.79 Å². The molecule has 2 N–H and O–H groups in total. The Balaban J connectivity index is 1.48. The summed E-state index contributed by atoms with van der Waals surface area (Å²) in [5.74, 6) is -0.620. The van der Waals surface area contributed by atoms with Crippen LogP contribution in [-0.2, 0) is 14.3 Å². The minimum atomic E-state index is -0.954. The van der Waals surface area contributed by atoms with E-state index in [0.29, 0.717) is 6.42 Å². The highest BCUT2D eigenvalue weighted by atomic mass is 16.6. The maximum Gasteiger partial charge on any atom is 0.408 e. The van der Waals surface area contributed by atoms with Gasteiger partial charge in [0.2, 0.25) is 0 Å². The van der Waals surface area contributed by atoms with Crippen LogP contribution < -0.4 is 10.6 Å². The lowest BCUT2D eigenvalue weighted by atomic mass is 9.98. The number of rotatable bonds is 9. The fraction of sp³-hybridized carbons (Fsp3) is 0.385. The van der Waals surface area contributed by atoms with Gasteiger partial charge in [-0.2, -0.15) is 4.79 Å². The van der Waals surface area contributed by atoms with E-state index < -0.39 is 29.6 Å². The lowest BCUT2D eigenvalue weighted by molar-refractivity contribution is -0.118. The number of hydrogen-bond acceptors (Lipinski definition) is 5. The van der Waals surface area contributed by atoms with Crippen molar-refractivity contribution < 1.29 is 28.6 Å². The van der Waals surface area contributed by atoms with Crippen LogP contribution in [0.25, 0.3) is 16.7 Å². The Bertz CT molecular complexity index is 1090. The Morgan fingerprint density at radius 3 is 2.20 bits per heavy atom. The molecule has 0 bridgehead atoms. The van der Waals surface area contributed by atoms with Gasteiger partial charge in [0.05, 0.1) is 0 Å². The zero-order chi connectivity index (χ0) is 25.4. The van der Waals surface area contributed by atoms with Gasteiger partial charge in [-0.25, -0.2) is 9.59 Å². The fourth-order valence-electron chi connectivity index (χ4n) is 4.03. The first-order chi connectivity index (χ1) is 16.7. The number of carbonyl (C=O) groups is 3. The van der Waals surface area contributed by atoms with Crippen molar-refractivity contribution in [2.24, 2.45) is 0 Å². The highest BCUT2D eigenvalue weighted by Gasteiger charge is 2.29. The number of alkyl carbamates (subject to hydrolysis) is 2. The molecule has 0 aliphatic heterocycles. The molecule has 9 nitrogen and oxygen atoms in total. The molecule has 0 unspecified atom stereocenters. The Hall–Kier alpha value is -3.97. The molecule has 0 aromatic heterocycles. The lowest BCUT2D eigenvalue weighted by Gasteiger charge is -2.22. The maximum atomic E-state index is 12.3. The van der Waals surface area contributed by atoms with Crippen LogP contribution >= 0.6 is 0 Å². The van der Waals surface area contributed by atoms with Crippen LogP contribution in [0.5, 0.6) is 0 Å². The van der Waals surface area contributed by atoms with Gasteiger partial charge in [0.15, 0.2) is 0 Å². The van der Waals surface area contributed by atoms with Gasteiger partial charge in [-0.1, -0.05) is 48.5 Å². The number of Topliss-reactive ketones (excluding diaryl/α,β-unsaturated/α-hetero) is 1. The Kier molecular flexibility index (Phi) is 8.39. The number of nitrogens with zero attached hydrogens (tertiary/aromatic N) is 2. The first-order valence-corrected chi connectivity index (χ1v) is 11.5. The van der Waals surface area contributed by atoms with Gasteiger partial charge >= 0.3 is 18.4 Å². The normalized spacial score (nSPS) is 13.0. The fourth-order valence-corrected chi connectivity index (χ4v) is 4.03. The van der Waals surface area contributed by atoms with E-state index in [-0.39, 0.29) is 25.5 Å². The Morgan fingerprint density at radius 2 is 1.63 bits per heavy atom. The molecule has 1 aliphatic carbocycles. The number of carbonyl (C=O) groups excluding carboxylic acids is 3. The summed E-state index contributed by atoms with van der Waals surface area (Å²) in [6, 6.07) is 15.2. The second-order valence-electron chi connectivity index (χ2n) is 9.24. The van der Waals surface area contributed by atoms with Crippen molar-refractivity contribution in [1.29, 1.82) is 0 Å². The van der Waals surface area contributed by atoms with Gasteiger partial charge in [-0.15, -0.1) is 0 Å². The number of ketones is 1. The summed E-state index contributed by atoms with van der Waals surface area (Å²) >= 11 is 0. The van der Waals surface area contributed by atoms with Crippen molar-refractivity contribution in [3.63, 3.8) is 0 Å². The first kappa shape index (κ1) is 25.6. The summed E-state index contributed by atoms with van der Waals surface area (Å²) in [5, 5.41) is 5.14. The van der Waals surface area contributed by atoms with E-state index >= 15 is 0 Å². The molecule has 35 heavy (non-hydrogen) atoms. The van der Waals surface area contributed by atoms with Crippen LogP contribution in [0.4, 0.5) is 9.59 Å². The molecule has 2 amide bonds. The minimum absolute atomic E-state index is 0.0362. The van der Waals surface area contributed by atoms with Crippen molar-refractivity contribution in [3.05, 3.63) is 65.2 Å². The number of benzene rings is 2.